The maximum atomic E-state index is 11.5. The van der Waals surface area contributed by atoms with E-state index in [9.17, 15) is 4.79 Å². The van der Waals surface area contributed by atoms with Crippen LogP contribution in [0.5, 0.6) is 5.75 Å². The highest BCUT2D eigenvalue weighted by Gasteiger charge is 2.29. The Kier molecular flexibility index (Phi) is 3.98. The number of aliphatic hydroxyl groups is 1. The zero-order valence-electron chi connectivity index (χ0n) is 9.69. The van der Waals surface area contributed by atoms with E-state index >= 15 is 0 Å². The Balaban J connectivity index is 1.91. The standard InChI is InChI=1S/C13H17NO3/c15-7-8-17-12-4-2-1-3-11(12)9-14-13(16)10-5-6-10/h1-4,10,15H,5-9H2,(H,14,16). The van der Waals surface area contributed by atoms with Crippen LogP contribution < -0.4 is 10.1 Å². The number of para-hydroxylation sites is 1. The predicted octanol–water partition coefficient (Wildman–Crippen LogP) is 1.08. The van der Waals surface area contributed by atoms with Crippen LogP contribution in [0.15, 0.2) is 24.3 Å². The van der Waals surface area contributed by atoms with Gasteiger partial charge in [-0.2, -0.15) is 0 Å². The number of nitrogens with one attached hydrogen (secondary N) is 1. The second kappa shape index (κ2) is 5.68. The van der Waals surface area contributed by atoms with Crippen molar-refractivity contribution in [3.05, 3.63) is 29.8 Å². The Morgan fingerprint density at radius 3 is 2.88 bits per heavy atom. The molecule has 1 saturated carbocycles. The first-order chi connectivity index (χ1) is 8.31. The lowest BCUT2D eigenvalue weighted by Gasteiger charge is -2.11. The molecule has 1 amide bonds. The van der Waals surface area contributed by atoms with Crippen molar-refractivity contribution in [2.75, 3.05) is 13.2 Å². The highest BCUT2D eigenvalue weighted by molar-refractivity contribution is 5.80. The number of carbonyl (C=O) groups is 1. The van der Waals surface area contributed by atoms with Gasteiger partial charge in [0, 0.05) is 18.0 Å². The molecule has 17 heavy (non-hydrogen) atoms. The fourth-order valence-corrected chi connectivity index (χ4v) is 1.62. The first-order valence-electron chi connectivity index (χ1n) is 5.90. The van der Waals surface area contributed by atoms with Crippen LogP contribution in [0.2, 0.25) is 0 Å². The van der Waals surface area contributed by atoms with Gasteiger partial charge in [0.25, 0.3) is 0 Å². The van der Waals surface area contributed by atoms with Crippen molar-refractivity contribution in [2.45, 2.75) is 19.4 Å². The smallest absolute Gasteiger partial charge is 0.223 e. The van der Waals surface area contributed by atoms with Gasteiger partial charge in [-0.25, -0.2) is 0 Å². The van der Waals surface area contributed by atoms with Crippen LogP contribution in [0, 0.1) is 5.92 Å². The second-order valence-electron chi connectivity index (χ2n) is 4.17. The summed E-state index contributed by atoms with van der Waals surface area (Å²) in [5.41, 5.74) is 0.940. The van der Waals surface area contributed by atoms with Crippen LogP contribution in [-0.2, 0) is 11.3 Å². The molecule has 1 aliphatic rings. The number of amides is 1. The molecule has 0 aliphatic heterocycles. The molecule has 0 heterocycles. The number of carbonyl (C=O) groups excluding carboxylic acids is 1. The molecule has 1 aromatic rings. The molecule has 1 aromatic carbocycles. The molecule has 0 saturated heterocycles. The number of rotatable bonds is 6. The Morgan fingerprint density at radius 1 is 1.41 bits per heavy atom. The highest BCUT2D eigenvalue weighted by Crippen LogP contribution is 2.29. The largest absolute Gasteiger partial charge is 0.491 e. The van der Waals surface area contributed by atoms with E-state index in [4.69, 9.17) is 9.84 Å². The molecule has 0 spiro atoms. The molecular weight excluding hydrogens is 218 g/mol. The fourth-order valence-electron chi connectivity index (χ4n) is 1.62. The molecule has 2 N–H and O–H groups in total. The first-order valence-corrected chi connectivity index (χ1v) is 5.90. The van der Waals surface area contributed by atoms with Crippen LogP contribution in [0.1, 0.15) is 18.4 Å². The lowest BCUT2D eigenvalue weighted by molar-refractivity contribution is -0.122. The highest BCUT2D eigenvalue weighted by atomic mass is 16.5. The van der Waals surface area contributed by atoms with Crippen LogP contribution in [0.25, 0.3) is 0 Å². The van der Waals surface area contributed by atoms with Gasteiger partial charge in [-0.1, -0.05) is 18.2 Å². The number of hydrogen-bond acceptors (Lipinski definition) is 3. The summed E-state index contributed by atoms with van der Waals surface area (Å²) in [4.78, 5) is 11.5. The Labute approximate surface area is 101 Å². The van der Waals surface area contributed by atoms with E-state index in [1.807, 2.05) is 24.3 Å². The summed E-state index contributed by atoms with van der Waals surface area (Å²) in [5, 5.41) is 11.6. The molecule has 4 nitrogen and oxygen atoms in total. The minimum absolute atomic E-state index is 0.0111. The quantitative estimate of drug-likeness (QED) is 0.775. The molecule has 0 aromatic heterocycles. The number of aliphatic hydroxyl groups excluding tert-OH is 1. The van der Waals surface area contributed by atoms with Crippen molar-refractivity contribution in [2.24, 2.45) is 5.92 Å². The van der Waals surface area contributed by atoms with E-state index in [-0.39, 0.29) is 25.0 Å². The lowest BCUT2D eigenvalue weighted by Crippen LogP contribution is -2.24. The SMILES string of the molecule is O=C(NCc1ccccc1OCCO)C1CC1. The topological polar surface area (TPSA) is 58.6 Å². The molecule has 0 radical (unpaired) electrons. The molecule has 1 fully saturated rings. The van der Waals surface area contributed by atoms with Crippen molar-refractivity contribution in [3.63, 3.8) is 0 Å². The van der Waals surface area contributed by atoms with Gasteiger partial charge in [-0.05, 0) is 18.9 Å². The Bertz CT molecular complexity index is 388. The third-order valence-corrected chi connectivity index (χ3v) is 2.72. The lowest BCUT2D eigenvalue weighted by atomic mass is 10.2. The first kappa shape index (κ1) is 11.9. The van der Waals surface area contributed by atoms with Gasteiger partial charge in [-0.15, -0.1) is 0 Å². The molecule has 4 heteroatoms. The normalized spacial score (nSPS) is 14.4. The molecular formula is C13H17NO3. The van der Waals surface area contributed by atoms with Crippen LogP contribution in [0.4, 0.5) is 0 Å². The maximum absolute atomic E-state index is 11.5. The Hall–Kier alpha value is -1.55. The van der Waals surface area contributed by atoms with Crippen molar-refractivity contribution in [3.8, 4) is 5.75 Å². The summed E-state index contributed by atoms with van der Waals surface area (Å²) < 4.78 is 5.39. The van der Waals surface area contributed by atoms with E-state index in [2.05, 4.69) is 5.32 Å². The summed E-state index contributed by atoms with van der Waals surface area (Å²) in [5.74, 6) is 1.07. The van der Waals surface area contributed by atoms with Crippen LogP contribution >= 0.6 is 0 Å². The van der Waals surface area contributed by atoms with Gasteiger partial charge < -0.3 is 15.2 Å². The second-order valence-corrected chi connectivity index (χ2v) is 4.17. The monoisotopic (exact) mass is 235 g/mol. The summed E-state index contributed by atoms with van der Waals surface area (Å²) in [6.45, 7) is 0.743. The molecule has 2 rings (SSSR count). The van der Waals surface area contributed by atoms with E-state index in [0.29, 0.717) is 6.54 Å². The molecule has 1 aliphatic carbocycles. The van der Waals surface area contributed by atoms with E-state index in [1.54, 1.807) is 0 Å². The van der Waals surface area contributed by atoms with Crippen LogP contribution in [-0.4, -0.2) is 24.2 Å². The van der Waals surface area contributed by atoms with Crippen molar-refractivity contribution in [1.29, 1.82) is 0 Å². The zero-order valence-corrected chi connectivity index (χ0v) is 9.69. The minimum atomic E-state index is -0.0111. The van der Waals surface area contributed by atoms with Gasteiger partial charge in [0.15, 0.2) is 0 Å². The number of ether oxygens (including phenoxy) is 1. The van der Waals surface area contributed by atoms with Gasteiger partial charge >= 0.3 is 0 Å². The average Bonchev–Trinajstić information content (AvgIpc) is 3.18. The van der Waals surface area contributed by atoms with Gasteiger partial charge in [0.1, 0.15) is 12.4 Å². The minimum Gasteiger partial charge on any atom is -0.491 e. The predicted molar refractivity (Wildman–Crippen MR) is 63.6 cm³/mol. The number of hydrogen-bond donors (Lipinski definition) is 2. The molecule has 0 atom stereocenters. The van der Waals surface area contributed by atoms with Gasteiger partial charge in [0.2, 0.25) is 5.91 Å². The fraction of sp³-hybridized carbons (Fsp3) is 0.462. The van der Waals surface area contributed by atoms with Gasteiger partial charge in [0.05, 0.1) is 6.61 Å². The maximum Gasteiger partial charge on any atom is 0.223 e. The van der Waals surface area contributed by atoms with E-state index in [1.165, 1.54) is 0 Å². The third-order valence-electron chi connectivity index (χ3n) is 2.72. The molecule has 0 bridgehead atoms. The summed E-state index contributed by atoms with van der Waals surface area (Å²) in [6.07, 6.45) is 2.02. The third kappa shape index (κ3) is 3.46. The van der Waals surface area contributed by atoms with Crippen molar-refractivity contribution < 1.29 is 14.6 Å². The van der Waals surface area contributed by atoms with E-state index in [0.717, 1.165) is 24.2 Å². The average molecular weight is 235 g/mol. The van der Waals surface area contributed by atoms with Crippen molar-refractivity contribution >= 4 is 5.91 Å². The number of benzene rings is 1. The zero-order chi connectivity index (χ0) is 12.1. The summed E-state index contributed by atoms with van der Waals surface area (Å²) in [7, 11) is 0. The van der Waals surface area contributed by atoms with Crippen molar-refractivity contribution in [1.82, 2.24) is 5.32 Å². The van der Waals surface area contributed by atoms with Crippen LogP contribution in [0.3, 0.4) is 0 Å². The summed E-state index contributed by atoms with van der Waals surface area (Å²) >= 11 is 0. The van der Waals surface area contributed by atoms with E-state index < -0.39 is 0 Å². The van der Waals surface area contributed by atoms with Gasteiger partial charge in [-0.3, -0.25) is 4.79 Å². The molecule has 92 valence electrons. The summed E-state index contributed by atoms with van der Waals surface area (Å²) in [6, 6.07) is 7.54. The molecule has 0 unspecified atom stereocenters. The Morgan fingerprint density at radius 2 is 2.18 bits per heavy atom.